The summed E-state index contributed by atoms with van der Waals surface area (Å²) in [5.41, 5.74) is 8.20. The van der Waals surface area contributed by atoms with E-state index in [0.29, 0.717) is 48.8 Å². The predicted molar refractivity (Wildman–Crippen MR) is 156 cm³/mol. The summed E-state index contributed by atoms with van der Waals surface area (Å²) in [6.07, 6.45) is 5.28. The van der Waals surface area contributed by atoms with Crippen molar-refractivity contribution in [3.8, 4) is 17.8 Å². The molecule has 0 radical (unpaired) electrons. The lowest BCUT2D eigenvalue weighted by molar-refractivity contribution is -0.139. The number of unbranched alkanes of at least 4 members (excludes halogenated alkanes) is 1. The monoisotopic (exact) mass is 569 g/mol. The number of anilines is 1. The smallest absolute Gasteiger partial charge is 0.320 e. The van der Waals surface area contributed by atoms with E-state index in [2.05, 4.69) is 32.1 Å². The zero-order valence-corrected chi connectivity index (χ0v) is 24.4. The van der Waals surface area contributed by atoms with Gasteiger partial charge in [-0.15, -0.1) is 0 Å². The van der Waals surface area contributed by atoms with Gasteiger partial charge in [0.15, 0.2) is 17.0 Å². The first kappa shape index (κ1) is 30.3. The van der Waals surface area contributed by atoms with Gasteiger partial charge in [-0.2, -0.15) is 15.0 Å². The predicted octanol–water partition coefficient (Wildman–Crippen LogP) is 2.83. The summed E-state index contributed by atoms with van der Waals surface area (Å²) >= 11 is 0. The molecule has 1 aliphatic rings. The highest BCUT2D eigenvalue weighted by Gasteiger charge is 2.20. The van der Waals surface area contributed by atoms with Crippen molar-refractivity contribution < 1.29 is 23.7 Å². The Kier molecular flexibility index (Phi) is 11.4. The summed E-state index contributed by atoms with van der Waals surface area (Å²) in [5.74, 6) is 0.816. The SMILES string of the molecule is CCCCOc1nc(N)c2nc(OC)n(CCCNC3CCN(CCOc4cccc(CC(=O)OC)c4)CC3)c2n1. The number of ether oxygens (including phenoxy) is 4. The lowest BCUT2D eigenvalue weighted by Gasteiger charge is -2.32. The van der Waals surface area contributed by atoms with E-state index in [1.165, 1.54) is 7.11 Å². The second kappa shape index (κ2) is 15.4. The number of fused-ring (bicyclic) bond motifs is 1. The minimum absolute atomic E-state index is 0.249. The van der Waals surface area contributed by atoms with Gasteiger partial charge in [0.05, 0.1) is 27.2 Å². The molecule has 1 aromatic carbocycles. The van der Waals surface area contributed by atoms with Crippen LogP contribution in [0.2, 0.25) is 0 Å². The number of imidazole rings is 1. The van der Waals surface area contributed by atoms with Crippen LogP contribution in [-0.2, 0) is 22.5 Å². The zero-order valence-electron chi connectivity index (χ0n) is 24.4. The van der Waals surface area contributed by atoms with Crippen molar-refractivity contribution in [3.05, 3.63) is 29.8 Å². The molecule has 0 atom stereocenters. The van der Waals surface area contributed by atoms with Gasteiger partial charge in [0.2, 0.25) is 0 Å². The third-order valence-electron chi connectivity index (χ3n) is 7.21. The summed E-state index contributed by atoms with van der Waals surface area (Å²) in [7, 11) is 2.99. The van der Waals surface area contributed by atoms with Gasteiger partial charge in [0.25, 0.3) is 6.01 Å². The van der Waals surface area contributed by atoms with E-state index in [9.17, 15) is 4.79 Å². The Hall–Kier alpha value is -3.64. The number of aryl methyl sites for hydroxylation is 1. The van der Waals surface area contributed by atoms with Crippen LogP contribution in [0.1, 0.15) is 44.6 Å². The summed E-state index contributed by atoms with van der Waals surface area (Å²) in [5, 5.41) is 3.70. The van der Waals surface area contributed by atoms with Gasteiger partial charge in [-0.3, -0.25) is 14.3 Å². The van der Waals surface area contributed by atoms with Gasteiger partial charge in [-0.1, -0.05) is 25.5 Å². The molecule has 1 saturated heterocycles. The number of hydrogen-bond acceptors (Lipinski definition) is 11. The lowest BCUT2D eigenvalue weighted by Crippen LogP contribution is -2.44. The molecule has 0 amide bonds. The number of nitrogen functional groups attached to an aromatic ring is 1. The standard InChI is InChI=1S/C29H43N7O5/c1-4-5-17-41-28-33-26(30)25-27(34-28)36(29(32-25)39-3)13-7-12-31-22-10-14-35(15-11-22)16-18-40-23-9-6-8-21(19-23)20-24(37)38-2/h6,8-9,19,22,31H,4-5,7,10-18,20H2,1-3H3,(H2,30,33,34). The molecular formula is C29H43N7O5. The molecule has 3 N–H and O–H groups in total. The van der Waals surface area contributed by atoms with E-state index in [0.717, 1.165) is 69.6 Å². The van der Waals surface area contributed by atoms with Gasteiger partial charge >= 0.3 is 12.0 Å². The third kappa shape index (κ3) is 8.67. The maximum atomic E-state index is 11.5. The van der Waals surface area contributed by atoms with Crippen molar-refractivity contribution in [3.63, 3.8) is 0 Å². The quantitative estimate of drug-likeness (QED) is 0.194. The number of rotatable bonds is 16. The lowest BCUT2D eigenvalue weighted by atomic mass is 10.1. The van der Waals surface area contributed by atoms with Crippen molar-refractivity contribution in [2.45, 2.75) is 58.0 Å². The Labute approximate surface area is 241 Å². The topological polar surface area (TPSA) is 139 Å². The average molecular weight is 570 g/mol. The summed E-state index contributed by atoms with van der Waals surface area (Å²) < 4.78 is 23.8. The van der Waals surface area contributed by atoms with E-state index < -0.39 is 0 Å². The molecule has 0 spiro atoms. The fourth-order valence-corrected chi connectivity index (χ4v) is 4.89. The number of hydrogen-bond donors (Lipinski definition) is 2. The second-order valence-corrected chi connectivity index (χ2v) is 10.2. The van der Waals surface area contributed by atoms with Crippen molar-refractivity contribution in [1.82, 2.24) is 29.7 Å². The molecule has 0 unspecified atom stereocenters. The number of methoxy groups -OCH3 is 2. The molecule has 1 aliphatic heterocycles. The summed E-state index contributed by atoms with van der Waals surface area (Å²) in [6.45, 7) is 7.76. The van der Waals surface area contributed by atoms with Crippen molar-refractivity contribution >= 4 is 23.0 Å². The first-order valence-corrected chi connectivity index (χ1v) is 14.5. The van der Waals surface area contributed by atoms with Crippen LogP contribution in [0, 0.1) is 0 Å². The minimum Gasteiger partial charge on any atom is -0.492 e. The van der Waals surface area contributed by atoms with E-state index in [1.54, 1.807) is 7.11 Å². The normalized spacial score (nSPS) is 14.3. The average Bonchev–Trinajstić information content (AvgIpc) is 3.34. The van der Waals surface area contributed by atoms with E-state index in [4.69, 9.17) is 24.7 Å². The van der Waals surface area contributed by atoms with Crippen LogP contribution in [0.4, 0.5) is 5.82 Å². The fourth-order valence-electron chi connectivity index (χ4n) is 4.89. The Bertz CT molecular complexity index is 1260. The van der Waals surface area contributed by atoms with E-state index in [1.807, 2.05) is 28.8 Å². The largest absolute Gasteiger partial charge is 0.492 e. The first-order chi connectivity index (χ1) is 20.0. The van der Waals surface area contributed by atoms with Gasteiger partial charge in [0.1, 0.15) is 12.4 Å². The van der Waals surface area contributed by atoms with E-state index in [-0.39, 0.29) is 18.4 Å². The molecular weight excluding hydrogens is 526 g/mol. The molecule has 0 saturated carbocycles. The van der Waals surface area contributed by atoms with Crippen LogP contribution in [0.5, 0.6) is 17.8 Å². The molecule has 3 aromatic rings. The van der Waals surface area contributed by atoms with E-state index >= 15 is 0 Å². The molecule has 2 aromatic heterocycles. The number of benzene rings is 1. The number of nitrogens with two attached hydrogens (primary N) is 1. The van der Waals surface area contributed by atoms with Gasteiger partial charge < -0.3 is 30.0 Å². The summed E-state index contributed by atoms with van der Waals surface area (Å²) in [4.78, 5) is 27.3. The number of carbonyl (C=O) groups excluding carboxylic acids is 1. The number of nitrogens with one attached hydrogen (secondary N) is 1. The number of carbonyl (C=O) groups is 1. The molecule has 0 aliphatic carbocycles. The third-order valence-corrected chi connectivity index (χ3v) is 7.21. The Morgan fingerprint density at radius 1 is 1.07 bits per heavy atom. The molecule has 12 heteroatoms. The molecule has 1 fully saturated rings. The molecule has 0 bridgehead atoms. The Morgan fingerprint density at radius 2 is 1.90 bits per heavy atom. The van der Waals surface area contributed by atoms with Crippen molar-refractivity contribution in [2.75, 3.05) is 59.3 Å². The number of likely N-dealkylation sites (tertiary alicyclic amines) is 1. The highest BCUT2D eigenvalue weighted by molar-refractivity contribution is 5.83. The van der Waals surface area contributed by atoms with Crippen molar-refractivity contribution in [2.24, 2.45) is 0 Å². The molecule has 224 valence electrons. The maximum absolute atomic E-state index is 11.5. The van der Waals surface area contributed by atoms with Crippen molar-refractivity contribution in [1.29, 1.82) is 0 Å². The number of esters is 1. The summed E-state index contributed by atoms with van der Waals surface area (Å²) in [6, 6.07) is 8.85. The molecule has 3 heterocycles. The first-order valence-electron chi connectivity index (χ1n) is 14.5. The van der Waals surface area contributed by atoms with Crippen LogP contribution >= 0.6 is 0 Å². The van der Waals surface area contributed by atoms with Crippen LogP contribution in [-0.4, -0.2) is 90.0 Å². The van der Waals surface area contributed by atoms with Crippen LogP contribution in [0.3, 0.4) is 0 Å². The molecule has 12 nitrogen and oxygen atoms in total. The van der Waals surface area contributed by atoms with Crippen LogP contribution in [0.25, 0.3) is 11.2 Å². The highest BCUT2D eigenvalue weighted by Crippen LogP contribution is 2.25. The van der Waals surface area contributed by atoms with Gasteiger partial charge in [-0.05, 0) is 63.0 Å². The highest BCUT2D eigenvalue weighted by atomic mass is 16.5. The molecule has 4 rings (SSSR count). The number of nitrogens with zero attached hydrogens (tertiary/aromatic N) is 5. The van der Waals surface area contributed by atoms with Gasteiger partial charge in [-0.25, -0.2) is 0 Å². The second-order valence-electron chi connectivity index (χ2n) is 10.2. The Morgan fingerprint density at radius 3 is 2.66 bits per heavy atom. The van der Waals surface area contributed by atoms with Crippen LogP contribution < -0.4 is 25.3 Å². The van der Waals surface area contributed by atoms with Gasteiger partial charge in [0, 0.05) is 19.1 Å². The van der Waals surface area contributed by atoms with Crippen LogP contribution in [0.15, 0.2) is 24.3 Å². The zero-order chi connectivity index (χ0) is 29.0. The number of aromatic nitrogens is 4. The Balaban J connectivity index is 1.18. The maximum Gasteiger partial charge on any atom is 0.320 e. The minimum atomic E-state index is -0.254. The number of piperidine rings is 1. The fraction of sp³-hybridized carbons (Fsp3) is 0.586. The molecule has 41 heavy (non-hydrogen) atoms.